The minimum Gasteiger partial charge on any atom is -0.380 e. The topological polar surface area (TPSA) is 282 Å². The number of nitriles is 2. The minimum absolute atomic E-state index is 0.0187. The minimum atomic E-state index is -5.75. The Morgan fingerprint density at radius 3 is 1.56 bits per heavy atom. The fraction of sp³-hybridized carbons (Fsp3) is 0.245. The van der Waals surface area contributed by atoms with Gasteiger partial charge in [-0.2, -0.15) is 62.9 Å². The van der Waals surface area contributed by atoms with Crippen LogP contribution in [0.1, 0.15) is 93.9 Å². The SMILES string of the molecule is CC1=Cc2c(c(-c3nn[nH]n3)nn2Cc2ccccc2)C1.CC1=Cc2c(c(C#N)nn2Cc2ccccc2)C1.CC1Cc2[nH]nc(-c3nn[nH]n3)c2C1.N#Cc1nn(Cc2ccccc2)c2c1CC(OS(=O)(=O)C(F)(F)F)=C2. The largest absolute Gasteiger partial charge is 0.534 e. The highest BCUT2D eigenvalue weighted by Gasteiger charge is 2.49. The number of hydrogen-bond donors (Lipinski definition) is 3. The molecule has 3 N–H and O–H groups in total. The predicted octanol–water partition coefficient (Wildman–Crippen LogP) is 7.72. The zero-order chi connectivity index (χ0) is 54.6. The van der Waals surface area contributed by atoms with E-state index in [1.54, 1.807) is 0 Å². The third-order valence-electron chi connectivity index (χ3n) is 13.0. The van der Waals surface area contributed by atoms with Gasteiger partial charge in [0.2, 0.25) is 11.6 Å². The Labute approximate surface area is 443 Å². The van der Waals surface area contributed by atoms with Gasteiger partial charge >= 0.3 is 15.6 Å². The van der Waals surface area contributed by atoms with Crippen molar-refractivity contribution in [1.29, 1.82) is 10.5 Å². The lowest BCUT2D eigenvalue weighted by Gasteiger charge is -2.09. The van der Waals surface area contributed by atoms with Gasteiger partial charge in [-0.15, -0.1) is 20.4 Å². The van der Waals surface area contributed by atoms with Gasteiger partial charge in [-0.05, 0) is 84.7 Å². The summed E-state index contributed by atoms with van der Waals surface area (Å²) in [6, 6.07) is 33.6. The highest BCUT2D eigenvalue weighted by atomic mass is 32.2. The lowest BCUT2D eigenvalue weighted by atomic mass is 10.1. The maximum absolute atomic E-state index is 12.4. The maximum atomic E-state index is 12.4. The van der Waals surface area contributed by atoms with Crippen LogP contribution in [0.5, 0.6) is 0 Å². The van der Waals surface area contributed by atoms with E-state index >= 15 is 0 Å². The fourth-order valence-corrected chi connectivity index (χ4v) is 10.0. The van der Waals surface area contributed by atoms with Crippen molar-refractivity contribution < 1.29 is 25.8 Å². The first kappa shape index (κ1) is 51.8. The average Bonchev–Trinajstić information content (AvgIpc) is 4.44. The van der Waals surface area contributed by atoms with Crippen LogP contribution in [0.4, 0.5) is 13.2 Å². The number of allylic oxidation sites excluding steroid dienone is 3. The standard InChI is InChI=1S/C15H10F3N3O3S.C15H14N6.C15H13N3.C8H10N6/c16-15(17,18)25(22,23)24-11-6-12-13(8-19)20-21(14(12)7-11)9-10-4-2-1-3-5-10;1-10-7-12-13(8-10)21(9-11-5-3-2-4-6-11)18-14(12)15-16-19-20-17-15;1-11-7-13-14(9-16)17-18(15(13)8-11)10-12-5-3-2-4-6-12;1-4-2-5-6(3-4)9-10-7(5)8-11-13-14-12-8/h1-5,7H,6,9H2;2-6,8H,7,9H2,1H3,(H,16,17,19,20);2-6,8H,7,10H2,1H3;4H,2-3H2,1H3,(H,9,10)(H,11,12,13,14). The van der Waals surface area contributed by atoms with Crippen molar-refractivity contribution in [3.05, 3.63) is 181 Å². The van der Waals surface area contributed by atoms with Gasteiger partial charge in [0.15, 0.2) is 11.4 Å². The molecule has 25 heteroatoms. The zero-order valence-electron chi connectivity index (χ0n) is 42.1. The summed E-state index contributed by atoms with van der Waals surface area (Å²) >= 11 is 0. The molecule has 1 atom stereocenters. The van der Waals surface area contributed by atoms with E-state index in [4.69, 9.17) is 15.6 Å². The summed E-state index contributed by atoms with van der Waals surface area (Å²) in [5.74, 6) is 1.42. The Hall–Kier alpha value is -9.62. The van der Waals surface area contributed by atoms with Crippen LogP contribution in [-0.4, -0.2) is 94.7 Å². The number of hydrogen-bond acceptors (Lipinski definition) is 15. The van der Waals surface area contributed by atoms with Crippen molar-refractivity contribution in [3.63, 3.8) is 0 Å². The van der Waals surface area contributed by atoms with E-state index in [0.717, 1.165) is 72.2 Å². The van der Waals surface area contributed by atoms with Gasteiger partial charge in [0, 0.05) is 40.4 Å². The number of nitrogens with one attached hydrogen (secondary N) is 3. The lowest BCUT2D eigenvalue weighted by molar-refractivity contribution is -0.0522. The molecule has 21 nitrogen and oxygen atoms in total. The van der Waals surface area contributed by atoms with Crippen molar-refractivity contribution in [2.75, 3.05) is 0 Å². The van der Waals surface area contributed by atoms with Crippen molar-refractivity contribution in [2.24, 2.45) is 5.92 Å². The van der Waals surface area contributed by atoms with E-state index in [-0.39, 0.29) is 18.7 Å². The Bertz CT molecular complexity index is 3900. The molecule has 394 valence electrons. The highest BCUT2D eigenvalue weighted by Crippen LogP contribution is 2.36. The van der Waals surface area contributed by atoms with E-state index in [2.05, 4.69) is 129 Å². The van der Waals surface area contributed by atoms with Gasteiger partial charge in [-0.3, -0.25) is 19.1 Å². The molecule has 3 aromatic carbocycles. The second-order valence-electron chi connectivity index (χ2n) is 18.9. The molecule has 6 aromatic heterocycles. The second kappa shape index (κ2) is 21.9. The summed E-state index contributed by atoms with van der Waals surface area (Å²) in [5.41, 5.74) is 10.3. The van der Waals surface area contributed by atoms with Crippen LogP contribution in [0.25, 0.3) is 41.3 Å². The number of tetrazole rings is 2. The molecule has 6 heterocycles. The Balaban J connectivity index is 0.000000120. The molecule has 0 aliphatic heterocycles. The Morgan fingerprint density at radius 2 is 1.08 bits per heavy atom. The molecule has 4 aliphatic rings. The number of aromatic nitrogens is 16. The van der Waals surface area contributed by atoms with E-state index in [1.165, 1.54) is 43.8 Å². The van der Waals surface area contributed by atoms with Gasteiger partial charge in [-0.25, -0.2) is 0 Å². The number of fused-ring (bicyclic) bond motifs is 4. The number of aromatic amines is 3. The average molecular weight is 1070 g/mol. The number of benzene rings is 3. The molecule has 78 heavy (non-hydrogen) atoms. The number of H-pyrrole nitrogens is 3. The molecule has 0 saturated carbocycles. The van der Waals surface area contributed by atoms with Gasteiger partial charge in [0.05, 0.1) is 36.7 Å². The molecular formula is C53H47F3N18O3S. The summed E-state index contributed by atoms with van der Waals surface area (Å²) in [5, 5.41) is 66.8. The van der Waals surface area contributed by atoms with Crippen molar-refractivity contribution in [1.82, 2.24) is 80.8 Å². The normalized spacial score (nSPS) is 14.6. The number of alkyl halides is 3. The number of halogens is 3. The molecule has 1 unspecified atom stereocenters. The third kappa shape index (κ3) is 11.2. The second-order valence-corrected chi connectivity index (χ2v) is 20.4. The first-order valence-electron chi connectivity index (χ1n) is 24.4. The molecule has 0 radical (unpaired) electrons. The lowest BCUT2D eigenvalue weighted by Crippen LogP contribution is -2.25. The van der Waals surface area contributed by atoms with Crippen LogP contribution in [0.2, 0.25) is 0 Å². The predicted molar refractivity (Wildman–Crippen MR) is 277 cm³/mol. The van der Waals surface area contributed by atoms with Crippen LogP contribution in [0.3, 0.4) is 0 Å². The molecule has 13 rings (SSSR count). The first-order chi connectivity index (χ1) is 37.6. The molecule has 9 aromatic rings. The van der Waals surface area contributed by atoms with E-state index in [0.29, 0.717) is 41.1 Å². The van der Waals surface area contributed by atoms with Gasteiger partial charge in [0.1, 0.15) is 29.3 Å². The van der Waals surface area contributed by atoms with Crippen molar-refractivity contribution in [3.8, 4) is 35.2 Å². The van der Waals surface area contributed by atoms with E-state index < -0.39 is 21.4 Å². The summed E-state index contributed by atoms with van der Waals surface area (Å²) in [4.78, 5) is 0. The van der Waals surface area contributed by atoms with Gasteiger partial charge in [-0.1, -0.05) is 109 Å². The van der Waals surface area contributed by atoms with Crippen molar-refractivity contribution in [2.45, 2.75) is 78.0 Å². The molecule has 0 fully saturated rings. The third-order valence-corrected chi connectivity index (χ3v) is 14.0. The van der Waals surface area contributed by atoms with Crippen LogP contribution < -0.4 is 0 Å². The molecular weight excluding hydrogens is 1030 g/mol. The molecule has 0 saturated heterocycles. The quantitative estimate of drug-likeness (QED) is 0.0873. The zero-order valence-corrected chi connectivity index (χ0v) is 42.9. The van der Waals surface area contributed by atoms with Crippen LogP contribution in [-0.2, 0) is 66.0 Å². The smallest absolute Gasteiger partial charge is 0.380 e. The number of rotatable bonds is 10. The highest BCUT2D eigenvalue weighted by molar-refractivity contribution is 7.87. The molecule has 0 amide bonds. The summed E-state index contributed by atoms with van der Waals surface area (Å²) in [7, 11) is -5.75. The van der Waals surface area contributed by atoms with E-state index in [1.807, 2.05) is 82.2 Å². The Morgan fingerprint density at radius 1 is 0.615 bits per heavy atom. The van der Waals surface area contributed by atoms with Crippen LogP contribution in [0, 0.1) is 28.6 Å². The van der Waals surface area contributed by atoms with Gasteiger partial charge in [0.25, 0.3) is 0 Å². The van der Waals surface area contributed by atoms with E-state index in [9.17, 15) is 21.6 Å². The summed E-state index contributed by atoms with van der Waals surface area (Å²) in [6.07, 6.45) is 9.11. The van der Waals surface area contributed by atoms with Crippen LogP contribution in [0.15, 0.2) is 108 Å². The molecule has 0 spiro atoms. The first-order valence-corrected chi connectivity index (χ1v) is 25.9. The summed E-state index contributed by atoms with van der Waals surface area (Å²) in [6.45, 7) is 8.19. The fourth-order valence-electron chi connectivity index (χ4n) is 9.55. The monoisotopic (exact) mass is 1070 g/mol. The van der Waals surface area contributed by atoms with Crippen LogP contribution >= 0.6 is 0 Å². The Kier molecular flexibility index (Phi) is 14.6. The summed E-state index contributed by atoms with van der Waals surface area (Å²) < 4.78 is 69.2. The van der Waals surface area contributed by atoms with Gasteiger partial charge < -0.3 is 4.18 Å². The molecule has 4 aliphatic carbocycles. The molecule has 0 bridgehead atoms. The number of nitrogens with zero attached hydrogens (tertiary/aromatic N) is 15. The maximum Gasteiger partial charge on any atom is 0.534 e. The van der Waals surface area contributed by atoms with Crippen molar-refractivity contribution >= 4 is 28.3 Å².